The van der Waals surface area contributed by atoms with Gasteiger partial charge in [-0.25, -0.2) is 4.79 Å². The van der Waals surface area contributed by atoms with Crippen LogP contribution in [-0.4, -0.2) is 59.8 Å². The highest BCUT2D eigenvalue weighted by Gasteiger charge is 2.41. The number of nitrogens with one attached hydrogen (secondary N) is 2. The van der Waals surface area contributed by atoms with Crippen molar-refractivity contribution in [3.8, 4) is 0 Å². The van der Waals surface area contributed by atoms with E-state index in [0.29, 0.717) is 11.3 Å². The lowest BCUT2D eigenvalue weighted by atomic mass is 10.1. The van der Waals surface area contributed by atoms with Crippen LogP contribution in [0.2, 0.25) is 0 Å². The Kier molecular flexibility index (Phi) is 5.76. The van der Waals surface area contributed by atoms with E-state index in [1.165, 1.54) is 11.0 Å². The highest BCUT2D eigenvalue weighted by atomic mass is 16.5. The number of aliphatic hydroxyl groups excluding tert-OH is 1. The van der Waals surface area contributed by atoms with Gasteiger partial charge in [0.1, 0.15) is 0 Å². The molecule has 0 saturated heterocycles. The molecule has 136 valence electrons. The third-order valence-corrected chi connectivity index (χ3v) is 3.58. The molecular formula is C17H23N3O5. The molecule has 0 radical (unpaired) electrons. The van der Waals surface area contributed by atoms with E-state index in [0.717, 1.165) is 0 Å². The van der Waals surface area contributed by atoms with Crippen LogP contribution in [0.1, 0.15) is 41.5 Å². The normalized spacial score (nSPS) is 13.8. The zero-order chi connectivity index (χ0) is 18.6. The average Bonchev–Trinajstić information content (AvgIpc) is 2.78. The maximum atomic E-state index is 12.5. The number of carbonyl (C=O) groups is 3. The zero-order valence-corrected chi connectivity index (χ0v) is 14.6. The summed E-state index contributed by atoms with van der Waals surface area (Å²) in [7, 11) is 0. The summed E-state index contributed by atoms with van der Waals surface area (Å²) in [6.45, 7) is 6.09. The Morgan fingerprint density at radius 1 is 1.16 bits per heavy atom. The molecule has 3 N–H and O–H groups in total. The number of hydrogen-bond acceptors (Lipinski definition) is 5. The molecular weight excluding hydrogens is 326 g/mol. The zero-order valence-electron chi connectivity index (χ0n) is 14.6. The van der Waals surface area contributed by atoms with Crippen LogP contribution >= 0.6 is 0 Å². The topological polar surface area (TPSA) is 108 Å². The second kappa shape index (κ2) is 7.62. The van der Waals surface area contributed by atoms with E-state index >= 15 is 0 Å². The predicted octanol–water partition coefficient (Wildman–Crippen LogP) is 1.21. The number of imide groups is 1. The van der Waals surface area contributed by atoms with Crippen molar-refractivity contribution >= 4 is 23.5 Å². The van der Waals surface area contributed by atoms with Crippen LogP contribution in [0.15, 0.2) is 18.2 Å². The minimum absolute atomic E-state index is 0.0698. The van der Waals surface area contributed by atoms with Gasteiger partial charge in [0.05, 0.1) is 30.9 Å². The summed E-state index contributed by atoms with van der Waals surface area (Å²) in [5.41, 5.74) is 0.420. The van der Waals surface area contributed by atoms with Crippen molar-refractivity contribution in [3.63, 3.8) is 0 Å². The Bertz CT molecular complexity index is 681. The summed E-state index contributed by atoms with van der Waals surface area (Å²) in [6.07, 6.45) is 0. The van der Waals surface area contributed by atoms with Crippen LogP contribution in [0.25, 0.3) is 0 Å². The Morgan fingerprint density at radius 3 is 2.48 bits per heavy atom. The van der Waals surface area contributed by atoms with E-state index < -0.39 is 11.6 Å². The van der Waals surface area contributed by atoms with Gasteiger partial charge in [0.15, 0.2) is 0 Å². The molecule has 1 heterocycles. The first-order chi connectivity index (χ1) is 11.8. The molecule has 0 spiro atoms. The highest BCUT2D eigenvalue weighted by molar-refractivity contribution is 6.22. The van der Waals surface area contributed by atoms with E-state index in [2.05, 4.69) is 10.6 Å². The number of rotatable bonds is 6. The van der Waals surface area contributed by atoms with Gasteiger partial charge in [-0.3, -0.25) is 14.5 Å². The van der Waals surface area contributed by atoms with Crippen LogP contribution in [0.5, 0.6) is 0 Å². The van der Waals surface area contributed by atoms with Gasteiger partial charge in [0.2, 0.25) is 0 Å². The number of anilines is 1. The van der Waals surface area contributed by atoms with Crippen molar-refractivity contribution < 1.29 is 24.2 Å². The fraction of sp³-hybridized carbons (Fsp3) is 0.471. The quantitative estimate of drug-likeness (QED) is 0.528. The maximum absolute atomic E-state index is 12.5. The molecule has 1 aromatic rings. The molecule has 0 bridgehead atoms. The van der Waals surface area contributed by atoms with Crippen LogP contribution in [0, 0.1) is 0 Å². The first-order valence-corrected chi connectivity index (χ1v) is 8.02. The Hall–Kier alpha value is -2.45. The monoisotopic (exact) mass is 349 g/mol. The number of ether oxygens (including phenoxy) is 1. The van der Waals surface area contributed by atoms with E-state index in [1.54, 1.807) is 32.9 Å². The number of fused-ring (bicyclic) bond motifs is 1. The van der Waals surface area contributed by atoms with Gasteiger partial charge in [-0.2, -0.15) is 0 Å². The number of amides is 4. The molecule has 0 aliphatic carbocycles. The number of benzene rings is 1. The molecule has 1 aromatic carbocycles. The van der Waals surface area contributed by atoms with Crippen LogP contribution in [-0.2, 0) is 4.74 Å². The average molecular weight is 349 g/mol. The van der Waals surface area contributed by atoms with Gasteiger partial charge < -0.3 is 20.5 Å². The number of carbonyl (C=O) groups excluding carboxylic acids is 3. The van der Waals surface area contributed by atoms with Gasteiger partial charge in [0.25, 0.3) is 11.8 Å². The Labute approximate surface area is 146 Å². The predicted molar refractivity (Wildman–Crippen MR) is 91.6 cm³/mol. The smallest absolute Gasteiger partial charge is 0.319 e. The Balaban J connectivity index is 2.01. The first kappa shape index (κ1) is 18.9. The summed E-state index contributed by atoms with van der Waals surface area (Å²) >= 11 is 0. The third kappa shape index (κ3) is 4.34. The lowest BCUT2D eigenvalue weighted by molar-refractivity contribution is 0.0507. The maximum Gasteiger partial charge on any atom is 0.319 e. The number of urea groups is 1. The molecule has 8 nitrogen and oxygen atoms in total. The SMILES string of the molecule is CC(C)(C)N1C(=O)c2ccc(NC(=O)NCCOCCO)cc2C1=O. The molecule has 0 fully saturated rings. The van der Waals surface area contributed by atoms with Gasteiger partial charge in [-0.15, -0.1) is 0 Å². The van der Waals surface area contributed by atoms with Crippen LogP contribution in [0.3, 0.4) is 0 Å². The second-order valence-electron chi connectivity index (χ2n) is 6.59. The fourth-order valence-corrected chi connectivity index (χ4v) is 2.51. The van der Waals surface area contributed by atoms with Crippen LogP contribution in [0.4, 0.5) is 10.5 Å². The number of nitrogens with zero attached hydrogens (tertiary/aromatic N) is 1. The fourth-order valence-electron chi connectivity index (χ4n) is 2.51. The molecule has 2 rings (SSSR count). The molecule has 1 aliphatic heterocycles. The van der Waals surface area contributed by atoms with Gasteiger partial charge in [-0.05, 0) is 39.0 Å². The van der Waals surface area contributed by atoms with E-state index in [9.17, 15) is 14.4 Å². The van der Waals surface area contributed by atoms with E-state index in [4.69, 9.17) is 9.84 Å². The van der Waals surface area contributed by atoms with E-state index in [-0.39, 0.29) is 43.7 Å². The van der Waals surface area contributed by atoms with Gasteiger partial charge in [-0.1, -0.05) is 0 Å². The van der Waals surface area contributed by atoms with Crippen molar-refractivity contribution in [1.82, 2.24) is 10.2 Å². The summed E-state index contributed by atoms with van der Waals surface area (Å²) in [5, 5.41) is 13.8. The summed E-state index contributed by atoms with van der Waals surface area (Å²) in [5.74, 6) is -0.696. The van der Waals surface area contributed by atoms with Crippen molar-refractivity contribution in [1.29, 1.82) is 0 Å². The number of hydrogen-bond donors (Lipinski definition) is 3. The van der Waals surface area contributed by atoms with Crippen molar-refractivity contribution in [2.75, 3.05) is 31.7 Å². The minimum atomic E-state index is -0.618. The first-order valence-electron chi connectivity index (χ1n) is 8.02. The van der Waals surface area contributed by atoms with Gasteiger partial charge >= 0.3 is 6.03 Å². The largest absolute Gasteiger partial charge is 0.394 e. The lowest BCUT2D eigenvalue weighted by Gasteiger charge is -2.29. The third-order valence-electron chi connectivity index (χ3n) is 3.58. The molecule has 0 unspecified atom stereocenters. The molecule has 0 aromatic heterocycles. The molecule has 8 heteroatoms. The van der Waals surface area contributed by atoms with Gasteiger partial charge in [0, 0.05) is 17.8 Å². The molecule has 4 amide bonds. The van der Waals surface area contributed by atoms with Crippen LogP contribution < -0.4 is 10.6 Å². The standard InChI is InChI=1S/C17H23N3O5/c1-17(2,3)20-14(22)12-5-4-11(10-13(12)15(20)23)19-16(24)18-6-8-25-9-7-21/h4-5,10,21H,6-9H2,1-3H3,(H2,18,19,24). The Morgan fingerprint density at radius 2 is 1.84 bits per heavy atom. The number of aliphatic hydroxyl groups is 1. The van der Waals surface area contributed by atoms with Crippen molar-refractivity contribution in [3.05, 3.63) is 29.3 Å². The second-order valence-corrected chi connectivity index (χ2v) is 6.59. The van der Waals surface area contributed by atoms with Crippen molar-refractivity contribution in [2.24, 2.45) is 0 Å². The molecule has 0 saturated carbocycles. The lowest BCUT2D eigenvalue weighted by Crippen LogP contribution is -2.45. The minimum Gasteiger partial charge on any atom is -0.394 e. The van der Waals surface area contributed by atoms with E-state index in [1.807, 2.05) is 0 Å². The summed E-state index contributed by atoms with van der Waals surface area (Å²) in [4.78, 5) is 37.9. The highest BCUT2D eigenvalue weighted by Crippen LogP contribution is 2.30. The van der Waals surface area contributed by atoms with Crippen molar-refractivity contribution in [2.45, 2.75) is 26.3 Å². The molecule has 0 atom stereocenters. The summed E-state index contributed by atoms with van der Waals surface area (Å²) < 4.78 is 5.03. The molecule has 25 heavy (non-hydrogen) atoms. The molecule has 1 aliphatic rings. The summed E-state index contributed by atoms with van der Waals surface area (Å²) in [6, 6.07) is 4.18.